The minimum absolute atomic E-state index is 0.150. The van der Waals surface area contributed by atoms with Crippen molar-refractivity contribution in [1.29, 1.82) is 0 Å². The molecule has 0 saturated heterocycles. The van der Waals surface area contributed by atoms with E-state index in [0.29, 0.717) is 5.70 Å². The van der Waals surface area contributed by atoms with Gasteiger partial charge in [0.2, 0.25) is 5.82 Å². The maximum atomic E-state index is 13.6. The van der Waals surface area contributed by atoms with Crippen molar-refractivity contribution >= 4 is 11.3 Å². The van der Waals surface area contributed by atoms with Crippen LogP contribution in [0.15, 0.2) is 40.7 Å². The van der Waals surface area contributed by atoms with E-state index in [0.717, 1.165) is 18.1 Å². The minimum Gasteiger partial charge on any atom is -0.394 e. The van der Waals surface area contributed by atoms with Crippen LogP contribution < -0.4 is 5.73 Å². The Kier molecular flexibility index (Phi) is 5.23. The number of nitrogens with two attached hydrogens (primary N) is 1. The number of rotatable bonds is 5. The molecule has 1 aromatic heterocycles. The fourth-order valence-electron chi connectivity index (χ4n) is 1.35. The number of hydrogen-bond donors (Lipinski definition) is 1. The number of aromatic nitrogens is 2. The third-order valence-electron chi connectivity index (χ3n) is 2.66. The summed E-state index contributed by atoms with van der Waals surface area (Å²) < 4.78 is 18.7. The van der Waals surface area contributed by atoms with Crippen LogP contribution in [0.5, 0.6) is 0 Å². The van der Waals surface area contributed by atoms with E-state index in [1.807, 2.05) is 13.8 Å². The zero-order valence-electron chi connectivity index (χ0n) is 11.4. The summed E-state index contributed by atoms with van der Waals surface area (Å²) in [7, 11) is 0. The molecule has 0 atom stereocenters. The van der Waals surface area contributed by atoms with Gasteiger partial charge in [0, 0.05) is 0 Å². The first-order valence-corrected chi connectivity index (χ1v) is 5.99. The summed E-state index contributed by atoms with van der Waals surface area (Å²) in [6, 6.07) is 0. The van der Waals surface area contributed by atoms with E-state index in [1.165, 1.54) is 0 Å². The van der Waals surface area contributed by atoms with Crippen molar-refractivity contribution in [3.05, 3.63) is 47.9 Å². The van der Waals surface area contributed by atoms with Gasteiger partial charge in [-0.25, -0.2) is 4.39 Å². The Morgan fingerprint density at radius 2 is 2.21 bits per heavy atom. The van der Waals surface area contributed by atoms with Gasteiger partial charge in [-0.05, 0) is 31.9 Å². The molecule has 1 heterocycles. The van der Waals surface area contributed by atoms with Gasteiger partial charge in [0.1, 0.15) is 5.83 Å². The molecule has 1 aromatic rings. The van der Waals surface area contributed by atoms with Crippen molar-refractivity contribution < 1.29 is 8.91 Å². The number of hydrogen-bond acceptors (Lipinski definition) is 4. The van der Waals surface area contributed by atoms with Crippen LogP contribution in [0, 0.1) is 0 Å². The molecule has 1 rings (SSSR count). The fourth-order valence-corrected chi connectivity index (χ4v) is 1.35. The molecule has 5 heteroatoms. The monoisotopic (exact) mass is 263 g/mol. The van der Waals surface area contributed by atoms with E-state index < -0.39 is 5.83 Å². The van der Waals surface area contributed by atoms with Gasteiger partial charge in [-0.3, -0.25) is 0 Å². The van der Waals surface area contributed by atoms with Gasteiger partial charge in [0.05, 0.1) is 11.3 Å². The van der Waals surface area contributed by atoms with Crippen LogP contribution >= 0.6 is 0 Å². The van der Waals surface area contributed by atoms with Crippen molar-refractivity contribution in [3.63, 3.8) is 0 Å². The fraction of sp³-hybridized carbons (Fsp3) is 0.286. The lowest BCUT2D eigenvalue weighted by atomic mass is 10.2. The van der Waals surface area contributed by atoms with Crippen molar-refractivity contribution in [3.8, 4) is 0 Å². The van der Waals surface area contributed by atoms with E-state index in [4.69, 9.17) is 10.3 Å². The molecule has 0 radical (unpaired) electrons. The van der Waals surface area contributed by atoms with Gasteiger partial charge < -0.3 is 10.3 Å². The van der Waals surface area contributed by atoms with Crippen LogP contribution in [-0.4, -0.2) is 10.1 Å². The molecule has 19 heavy (non-hydrogen) atoms. The number of allylic oxidation sites excluding steroid dienone is 6. The smallest absolute Gasteiger partial charge is 0.274 e. The van der Waals surface area contributed by atoms with Crippen molar-refractivity contribution in [2.75, 3.05) is 0 Å². The molecule has 0 aliphatic carbocycles. The molecule has 0 spiro atoms. The lowest BCUT2D eigenvalue weighted by Gasteiger charge is -1.99. The van der Waals surface area contributed by atoms with Gasteiger partial charge in [-0.15, -0.1) is 0 Å². The molecule has 0 bridgehead atoms. The summed E-state index contributed by atoms with van der Waals surface area (Å²) in [4.78, 5) is 4.11. The Labute approximate surface area is 112 Å². The first kappa shape index (κ1) is 14.9. The Morgan fingerprint density at radius 3 is 2.74 bits per heavy atom. The van der Waals surface area contributed by atoms with E-state index in [9.17, 15) is 4.39 Å². The molecular formula is C14H18FN3O. The lowest BCUT2D eigenvalue weighted by Crippen LogP contribution is -2.00. The highest BCUT2D eigenvalue weighted by Crippen LogP contribution is 2.21. The maximum absolute atomic E-state index is 13.6. The number of nitrogens with zero attached hydrogens (tertiary/aromatic N) is 2. The average molecular weight is 263 g/mol. The summed E-state index contributed by atoms with van der Waals surface area (Å²) >= 11 is 0. The summed E-state index contributed by atoms with van der Waals surface area (Å²) in [5, 5.41) is 3.74. The van der Waals surface area contributed by atoms with Gasteiger partial charge in [-0.1, -0.05) is 30.8 Å². The third kappa shape index (κ3) is 3.40. The predicted octanol–water partition coefficient (Wildman–Crippen LogP) is 3.61. The Hall–Kier alpha value is -2.17. The lowest BCUT2D eigenvalue weighted by molar-refractivity contribution is 0.404. The molecule has 0 unspecified atom stereocenters. The largest absolute Gasteiger partial charge is 0.394 e. The molecule has 0 aliphatic rings. The van der Waals surface area contributed by atoms with Crippen LogP contribution in [0.2, 0.25) is 0 Å². The van der Waals surface area contributed by atoms with Crippen molar-refractivity contribution in [2.24, 2.45) is 5.73 Å². The Morgan fingerprint density at radius 1 is 1.53 bits per heavy atom. The quantitative estimate of drug-likeness (QED) is 0.824. The maximum Gasteiger partial charge on any atom is 0.274 e. The van der Waals surface area contributed by atoms with Gasteiger partial charge in [0.15, 0.2) is 0 Å². The molecule has 102 valence electrons. The van der Waals surface area contributed by atoms with Crippen LogP contribution in [0.4, 0.5) is 4.39 Å². The Balaban J connectivity index is 3.26. The first-order valence-electron chi connectivity index (χ1n) is 5.99. The summed E-state index contributed by atoms with van der Waals surface area (Å²) in [5.41, 5.74) is 7.47. The second kappa shape index (κ2) is 6.68. The Bertz CT molecular complexity index is 553. The highest BCUT2D eigenvalue weighted by molar-refractivity contribution is 5.73. The molecule has 4 nitrogen and oxygen atoms in total. The van der Waals surface area contributed by atoms with E-state index in [1.54, 1.807) is 19.1 Å². The van der Waals surface area contributed by atoms with Crippen LogP contribution in [-0.2, 0) is 0 Å². The molecular weight excluding hydrogens is 245 g/mol. The van der Waals surface area contributed by atoms with Gasteiger partial charge >= 0.3 is 0 Å². The van der Waals surface area contributed by atoms with Crippen LogP contribution in [0.1, 0.15) is 38.9 Å². The van der Waals surface area contributed by atoms with Crippen LogP contribution in [0.3, 0.4) is 0 Å². The SMILES string of the molecule is C=C/C(F)=C(\C=C/C)c1noc(/C(N)=C(/C)CC)n1. The van der Waals surface area contributed by atoms with E-state index in [2.05, 4.69) is 16.7 Å². The summed E-state index contributed by atoms with van der Waals surface area (Å²) in [6.07, 6.45) is 5.12. The zero-order chi connectivity index (χ0) is 14.4. The predicted molar refractivity (Wildman–Crippen MR) is 74.4 cm³/mol. The molecule has 2 N–H and O–H groups in total. The molecule has 0 fully saturated rings. The second-order valence-electron chi connectivity index (χ2n) is 3.94. The number of halogens is 1. The molecule has 0 amide bonds. The molecule has 0 aliphatic heterocycles. The van der Waals surface area contributed by atoms with Crippen molar-refractivity contribution in [2.45, 2.75) is 27.2 Å². The highest BCUT2D eigenvalue weighted by atomic mass is 19.1. The standard InChI is InChI=1S/C14H18FN3O/c1-5-8-10(11(15)7-3)13-17-14(19-18-13)12(16)9(4)6-2/h5,7-8H,3,6,16H2,1-2,4H3/b8-5-,11-10-,12-9+. The molecule has 0 saturated carbocycles. The average Bonchev–Trinajstić information content (AvgIpc) is 2.91. The summed E-state index contributed by atoms with van der Waals surface area (Å²) in [6.45, 7) is 9.01. The van der Waals surface area contributed by atoms with Gasteiger partial charge in [-0.2, -0.15) is 4.98 Å². The highest BCUT2D eigenvalue weighted by Gasteiger charge is 2.15. The van der Waals surface area contributed by atoms with E-state index >= 15 is 0 Å². The zero-order valence-corrected chi connectivity index (χ0v) is 11.4. The third-order valence-corrected chi connectivity index (χ3v) is 2.66. The second-order valence-corrected chi connectivity index (χ2v) is 3.94. The van der Waals surface area contributed by atoms with E-state index in [-0.39, 0.29) is 17.3 Å². The molecule has 0 aromatic carbocycles. The van der Waals surface area contributed by atoms with Crippen molar-refractivity contribution in [1.82, 2.24) is 10.1 Å². The minimum atomic E-state index is -0.514. The normalized spacial score (nSPS) is 14.3. The van der Waals surface area contributed by atoms with Crippen LogP contribution in [0.25, 0.3) is 11.3 Å². The topological polar surface area (TPSA) is 64.9 Å². The summed E-state index contributed by atoms with van der Waals surface area (Å²) in [5.74, 6) is -0.161. The van der Waals surface area contributed by atoms with Gasteiger partial charge in [0.25, 0.3) is 5.89 Å². The first-order chi connectivity index (χ1) is 9.04.